The van der Waals surface area contributed by atoms with Gasteiger partial charge >= 0.3 is 23.1 Å². The van der Waals surface area contributed by atoms with Gasteiger partial charge in [-0.15, -0.1) is 12.4 Å². The van der Waals surface area contributed by atoms with Crippen LogP contribution in [0.25, 0.3) is 0 Å². The van der Waals surface area contributed by atoms with Crippen LogP contribution in [0.5, 0.6) is 0 Å². The van der Waals surface area contributed by atoms with E-state index >= 15 is 0 Å². The normalized spacial score (nSPS) is 4.29. The zero-order chi connectivity index (χ0) is 3.41. The molecule has 5 heteroatoms. The van der Waals surface area contributed by atoms with E-state index in [1.165, 1.54) is 0 Å². The molecule has 0 aliphatic heterocycles. The Hall–Kier alpha value is 0.936. The number of halogens is 1. The third-order valence-electron chi connectivity index (χ3n) is 0.1000. The number of aliphatic hydroxyl groups is 2. The second-order valence-electron chi connectivity index (χ2n) is 0.447. The van der Waals surface area contributed by atoms with Gasteiger partial charge in [-0.05, 0) is 0 Å². The predicted molar refractivity (Wildman–Crippen MR) is 33.0 cm³/mol. The zero-order valence-corrected chi connectivity index (χ0v) is 6.15. The van der Waals surface area contributed by atoms with Gasteiger partial charge in [0, 0.05) is 0 Å². The van der Waals surface area contributed by atoms with Gasteiger partial charge < -0.3 is 18.5 Å². The van der Waals surface area contributed by atoms with E-state index in [-0.39, 0.29) is 57.0 Å². The molecule has 0 fully saturated rings. The molecule has 46 valence electrons. The van der Waals surface area contributed by atoms with Crippen molar-refractivity contribution >= 4 is 35.5 Å². The molecule has 3 nitrogen and oxygen atoms in total. The molecule has 0 aromatic heterocycles. The summed E-state index contributed by atoms with van der Waals surface area (Å²) in [6.07, 6.45) is 0. The Kier molecular flexibility index (Phi) is 99.8. The molecule has 0 spiro atoms. The van der Waals surface area contributed by atoms with Crippen molar-refractivity contribution in [3.63, 3.8) is 0 Å². The van der Waals surface area contributed by atoms with Crippen LogP contribution in [0, 0.1) is 0 Å². The number of hydrogen-bond acceptors (Lipinski definition) is 2. The van der Waals surface area contributed by atoms with Crippen molar-refractivity contribution in [2.24, 2.45) is 0 Å². The van der Waals surface area contributed by atoms with Gasteiger partial charge in [0.1, 0.15) is 0 Å². The van der Waals surface area contributed by atoms with Gasteiger partial charge in [-0.25, -0.2) is 0 Å². The summed E-state index contributed by atoms with van der Waals surface area (Å²) in [7, 11) is 0. The molecule has 0 heterocycles. The van der Waals surface area contributed by atoms with Crippen molar-refractivity contribution in [1.29, 1.82) is 0 Å². The van der Waals surface area contributed by atoms with E-state index in [2.05, 4.69) is 0 Å². The van der Waals surface area contributed by atoms with Gasteiger partial charge in [0.2, 0.25) is 0 Å². The summed E-state index contributed by atoms with van der Waals surface area (Å²) in [5.74, 6) is 0. The van der Waals surface area contributed by atoms with E-state index < -0.39 is 0 Å². The zero-order valence-electron chi connectivity index (χ0n) is 5.92. The van der Waals surface area contributed by atoms with E-state index in [0.29, 0.717) is 0 Å². The van der Waals surface area contributed by atoms with Crippen LogP contribution in [0.1, 0.15) is 2.85 Å². The summed E-state index contributed by atoms with van der Waals surface area (Å²) in [5, 5.41) is 15.2. The van der Waals surface area contributed by atoms with Gasteiger partial charge in [0.25, 0.3) is 0 Å². The standard InChI is InChI=1S/C2H6O2.ClH.Mg.H2O.2H/c3-1-2-4;;;;;/h3-4H,1-2H2;1H;;1H2;;/q;;+2;;2*-1. The molecule has 0 aromatic carbocycles. The van der Waals surface area contributed by atoms with Crippen LogP contribution in [0.4, 0.5) is 0 Å². The molecule has 0 unspecified atom stereocenters. The van der Waals surface area contributed by atoms with Crippen LogP contribution < -0.4 is 0 Å². The third kappa shape index (κ3) is 45.1. The smallest absolute Gasteiger partial charge is 1.00 e. The molecule has 0 atom stereocenters. The van der Waals surface area contributed by atoms with Crippen LogP contribution in [0.2, 0.25) is 0 Å². The minimum Gasteiger partial charge on any atom is -1.00 e. The fourth-order valence-corrected chi connectivity index (χ4v) is 0. The Bertz CT molecular complexity index is 21.8. The van der Waals surface area contributed by atoms with E-state index in [0.717, 1.165) is 0 Å². The first-order chi connectivity index (χ1) is 1.91. The van der Waals surface area contributed by atoms with Gasteiger partial charge in [0.15, 0.2) is 0 Å². The van der Waals surface area contributed by atoms with E-state index in [4.69, 9.17) is 10.2 Å². The van der Waals surface area contributed by atoms with Crippen molar-refractivity contribution in [2.45, 2.75) is 0 Å². The fraction of sp³-hybridized carbons (Fsp3) is 1.00. The Morgan fingerprint density at radius 2 is 1.29 bits per heavy atom. The molecule has 0 radical (unpaired) electrons. The first-order valence-electron chi connectivity index (χ1n) is 1.13. The SMILES string of the molecule is Cl.O.OCCO.[H-].[H-].[Mg+2]. The van der Waals surface area contributed by atoms with Crippen LogP contribution in [-0.2, 0) is 0 Å². The first-order valence-corrected chi connectivity index (χ1v) is 1.13. The van der Waals surface area contributed by atoms with Crippen LogP contribution >= 0.6 is 12.4 Å². The molecule has 0 saturated heterocycles. The average Bonchev–Trinajstić information content (AvgIpc) is 1.37. The van der Waals surface area contributed by atoms with Crippen molar-refractivity contribution in [2.75, 3.05) is 13.2 Å². The fourth-order valence-electron chi connectivity index (χ4n) is 0. The maximum atomic E-state index is 7.62. The second kappa shape index (κ2) is 28.4. The molecule has 0 aliphatic rings. The topological polar surface area (TPSA) is 72.0 Å². The number of rotatable bonds is 1. The molecule has 0 aromatic rings. The van der Waals surface area contributed by atoms with Crippen molar-refractivity contribution in [3.05, 3.63) is 0 Å². The van der Waals surface area contributed by atoms with Crippen molar-refractivity contribution < 1.29 is 18.5 Å². The summed E-state index contributed by atoms with van der Waals surface area (Å²) in [4.78, 5) is 0. The third-order valence-corrected chi connectivity index (χ3v) is 0.1000. The Morgan fingerprint density at radius 1 is 1.14 bits per heavy atom. The van der Waals surface area contributed by atoms with E-state index in [9.17, 15) is 0 Å². The summed E-state index contributed by atoms with van der Waals surface area (Å²) < 4.78 is 0. The Morgan fingerprint density at radius 3 is 1.29 bits per heavy atom. The van der Waals surface area contributed by atoms with Crippen molar-refractivity contribution in [3.8, 4) is 0 Å². The maximum Gasteiger partial charge on any atom is 2.00 e. The largest absolute Gasteiger partial charge is 2.00 e. The monoisotopic (exact) mass is 142 g/mol. The Balaban J connectivity index is -0.00000000450. The maximum absolute atomic E-state index is 7.62. The van der Waals surface area contributed by atoms with Crippen LogP contribution in [-0.4, -0.2) is 52.0 Å². The van der Waals surface area contributed by atoms with E-state index in [1.54, 1.807) is 0 Å². The molecule has 0 amide bonds. The summed E-state index contributed by atoms with van der Waals surface area (Å²) in [6.45, 7) is -0.250. The summed E-state index contributed by atoms with van der Waals surface area (Å²) in [6, 6.07) is 0. The van der Waals surface area contributed by atoms with Crippen molar-refractivity contribution in [1.82, 2.24) is 0 Å². The van der Waals surface area contributed by atoms with Crippen LogP contribution in [0.3, 0.4) is 0 Å². The van der Waals surface area contributed by atoms with Gasteiger partial charge in [-0.3, -0.25) is 0 Å². The minimum atomic E-state index is -0.125. The molecular formula is C2H11ClMgO3. The number of hydrogen-bond donors (Lipinski definition) is 2. The van der Waals surface area contributed by atoms with E-state index in [1.807, 2.05) is 0 Å². The molecule has 0 saturated carbocycles. The summed E-state index contributed by atoms with van der Waals surface area (Å²) >= 11 is 0. The van der Waals surface area contributed by atoms with Gasteiger partial charge in [0.05, 0.1) is 13.2 Å². The van der Waals surface area contributed by atoms with Gasteiger partial charge in [-0.1, -0.05) is 0 Å². The second-order valence-corrected chi connectivity index (χ2v) is 0.447. The molecule has 4 N–H and O–H groups in total. The first kappa shape index (κ1) is 24.6. The molecule has 0 bridgehead atoms. The summed E-state index contributed by atoms with van der Waals surface area (Å²) in [5.41, 5.74) is 0. The molecule has 7 heavy (non-hydrogen) atoms. The van der Waals surface area contributed by atoms with Crippen LogP contribution in [0.15, 0.2) is 0 Å². The quantitative estimate of drug-likeness (QED) is 0.434. The molecular weight excluding hydrogens is 132 g/mol. The number of aliphatic hydroxyl groups excluding tert-OH is 2. The predicted octanol–water partition coefficient (Wildman–Crippen LogP) is -1.59. The van der Waals surface area contributed by atoms with Gasteiger partial charge in [-0.2, -0.15) is 0 Å². The average molecular weight is 143 g/mol. The minimum absolute atomic E-state index is 0. The molecule has 0 aliphatic carbocycles. The molecule has 0 rings (SSSR count). The Labute approximate surface area is 67.6 Å².